The first kappa shape index (κ1) is 32.2. The van der Waals surface area contributed by atoms with E-state index in [1.807, 2.05) is 79.0 Å². The highest BCUT2D eigenvalue weighted by Gasteiger charge is 2.28. The molecule has 236 valence electrons. The van der Waals surface area contributed by atoms with Crippen molar-refractivity contribution in [3.8, 4) is 11.1 Å². The maximum atomic E-state index is 13.7. The number of aromatic amines is 1. The van der Waals surface area contributed by atoms with Crippen LogP contribution in [-0.4, -0.2) is 40.5 Å². The molecule has 3 amide bonds. The SMILES string of the molecule is O=C(C[C@@H](CCCc1ccc(-c2ccccc2)cc1)C(=O)N[C@@H](Cc1c[nH]c2ccccc12)C(=O)NCCc1ccccc1)NO. The van der Waals surface area contributed by atoms with Crippen molar-refractivity contribution in [2.75, 3.05) is 6.54 Å². The lowest BCUT2D eigenvalue weighted by Gasteiger charge is -2.22. The molecule has 0 aliphatic carbocycles. The first-order valence-electron chi connectivity index (χ1n) is 15.7. The molecule has 5 rings (SSSR count). The molecule has 0 aliphatic heterocycles. The first-order chi connectivity index (χ1) is 22.5. The second-order valence-corrected chi connectivity index (χ2v) is 11.5. The van der Waals surface area contributed by atoms with Gasteiger partial charge in [0.2, 0.25) is 17.7 Å². The third kappa shape index (κ3) is 8.92. The molecule has 46 heavy (non-hydrogen) atoms. The van der Waals surface area contributed by atoms with Gasteiger partial charge in [0, 0.05) is 42.4 Å². The molecule has 0 bridgehead atoms. The van der Waals surface area contributed by atoms with Crippen molar-refractivity contribution < 1.29 is 19.6 Å². The van der Waals surface area contributed by atoms with Crippen LogP contribution in [0.2, 0.25) is 0 Å². The summed E-state index contributed by atoms with van der Waals surface area (Å²) < 4.78 is 0. The largest absolute Gasteiger partial charge is 0.361 e. The predicted octanol–water partition coefficient (Wildman–Crippen LogP) is 5.76. The van der Waals surface area contributed by atoms with Crippen LogP contribution in [-0.2, 0) is 33.6 Å². The van der Waals surface area contributed by atoms with E-state index in [0.717, 1.165) is 45.1 Å². The van der Waals surface area contributed by atoms with Crippen LogP contribution in [0.3, 0.4) is 0 Å². The molecule has 4 aromatic carbocycles. The van der Waals surface area contributed by atoms with Crippen LogP contribution < -0.4 is 16.1 Å². The Hall–Kier alpha value is -5.21. The summed E-state index contributed by atoms with van der Waals surface area (Å²) in [7, 11) is 0. The minimum absolute atomic E-state index is 0.190. The summed E-state index contributed by atoms with van der Waals surface area (Å²) in [6.45, 7) is 0.419. The van der Waals surface area contributed by atoms with Crippen molar-refractivity contribution in [1.82, 2.24) is 21.1 Å². The minimum atomic E-state index is -0.854. The Kier molecular flexibility index (Phi) is 11.3. The van der Waals surface area contributed by atoms with Crippen molar-refractivity contribution in [2.45, 2.75) is 44.6 Å². The number of aromatic nitrogens is 1. The number of hydrogen-bond acceptors (Lipinski definition) is 4. The molecule has 0 saturated carbocycles. The maximum Gasteiger partial charge on any atom is 0.244 e. The smallest absolute Gasteiger partial charge is 0.244 e. The molecule has 2 atom stereocenters. The van der Waals surface area contributed by atoms with Crippen LogP contribution in [0.15, 0.2) is 115 Å². The summed E-state index contributed by atoms with van der Waals surface area (Å²) >= 11 is 0. The van der Waals surface area contributed by atoms with Crippen LogP contribution >= 0.6 is 0 Å². The molecule has 5 N–H and O–H groups in total. The molecule has 0 radical (unpaired) electrons. The van der Waals surface area contributed by atoms with E-state index in [4.69, 9.17) is 0 Å². The van der Waals surface area contributed by atoms with Crippen LogP contribution in [0.5, 0.6) is 0 Å². The van der Waals surface area contributed by atoms with Crippen molar-refractivity contribution >= 4 is 28.6 Å². The fourth-order valence-electron chi connectivity index (χ4n) is 5.76. The van der Waals surface area contributed by atoms with Crippen molar-refractivity contribution in [1.29, 1.82) is 0 Å². The van der Waals surface area contributed by atoms with Crippen molar-refractivity contribution in [3.63, 3.8) is 0 Å². The Bertz CT molecular complexity index is 1720. The number of amides is 3. The third-order valence-electron chi connectivity index (χ3n) is 8.29. The van der Waals surface area contributed by atoms with Gasteiger partial charge in [-0.3, -0.25) is 19.6 Å². The van der Waals surface area contributed by atoms with Gasteiger partial charge in [-0.25, -0.2) is 5.48 Å². The number of fused-ring (bicyclic) bond motifs is 1. The van der Waals surface area contributed by atoms with E-state index in [1.54, 1.807) is 5.48 Å². The van der Waals surface area contributed by atoms with E-state index in [2.05, 4.69) is 52.0 Å². The first-order valence-corrected chi connectivity index (χ1v) is 15.7. The van der Waals surface area contributed by atoms with E-state index in [-0.39, 0.29) is 18.7 Å². The van der Waals surface area contributed by atoms with Gasteiger partial charge in [-0.1, -0.05) is 103 Å². The molecule has 5 aromatic rings. The quantitative estimate of drug-likeness (QED) is 0.0759. The molecular weight excluding hydrogens is 576 g/mol. The summed E-state index contributed by atoms with van der Waals surface area (Å²) in [5.41, 5.74) is 8.01. The number of hydroxylamine groups is 1. The Balaban J connectivity index is 1.25. The normalized spacial score (nSPS) is 12.3. The zero-order valence-corrected chi connectivity index (χ0v) is 25.7. The molecule has 8 nitrogen and oxygen atoms in total. The number of benzene rings is 4. The molecule has 1 heterocycles. The summed E-state index contributed by atoms with van der Waals surface area (Å²) in [4.78, 5) is 42.6. The molecule has 0 fully saturated rings. The highest BCUT2D eigenvalue weighted by molar-refractivity contribution is 5.91. The second kappa shape index (κ2) is 16.2. The van der Waals surface area contributed by atoms with Crippen LogP contribution in [0.25, 0.3) is 22.0 Å². The van der Waals surface area contributed by atoms with Gasteiger partial charge in [0.25, 0.3) is 0 Å². The van der Waals surface area contributed by atoms with E-state index in [0.29, 0.717) is 25.8 Å². The van der Waals surface area contributed by atoms with E-state index >= 15 is 0 Å². The maximum absolute atomic E-state index is 13.7. The van der Waals surface area contributed by atoms with E-state index in [1.165, 1.54) is 0 Å². The van der Waals surface area contributed by atoms with Gasteiger partial charge in [-0.2, -0.15) is 0 Å². The summed E-state index contributed by atoms with van der Waals surface area (Å²) in [6, 6.07) is 35.3. The molecule has 8 heteroatoms. The van der Waals surface area contributed by atoms with Crippen molar-refractivity contribution in [3.05, 3.63) is 132 Å². The van der Waals surface area contributed by atoms with E-state index in [9.17, 15) is 19.6 Å². The van der Waals surface area contributed by atoms with Crippen LogP contribution in [0.4, 0.5) is 0 Å². The predicted molar refractivity (Wildman–Crippen MR) is 180 cm³/mol. The highest BCUT2D eigenvalue weighted by atomic mass is 16.5. The average molecular weight is 617 g/mol. The van der Waals surface area contributed by atoms with Crippen LogP contribution in [0.1, 0.15) is 36.0 Å². The highest BCUT2D eigenvalue weighted by Crippen LogP contribution is 2.22. The summed E-state index contributed by atoms with van der Waals surface area (Å²) in [5, 5.41) is 16.1. The minimum Gasteiger partial charge on any atom is -0.361 e. The van der Waals surface area contributed by atoms with Gasteiger partial charge in [0.05, 0.1) is 0 Å². The molecule has 0 unspecified atom stereocenters. The van der Waals surface area contributed by atoms with Crippen molar-refractivity contribution in [2.24, 2.45) is 5.92 Å². The van der Waals surface area contributed by atoms with Gasteiger partial charge in [0.15, 0.2) is 0 Å². The lowest BCUT2D eigenvalue weighted by atomic mass is 9.94. The number of hydrogen-bond donors (Lipinski definition) is 5. The Morgan fingerprint density at radius 3 is 2.11 bits per heavy atom. The number of nitrogens with one attached hydrogen (secondary N) is 4. The number of carbonyl (C=O) groups excluding carboxylic acids is 3. The molecular formula is C38H40N4O4. The molecule has 0 aliphatic rings. The Labute approximate surface area is 269 Å². The number of carbonyl (C=O) groups is 3. The molecule has 0 saturated heterocycles. The third-order valence-corrected chi connectivity index (χ3v) is 8.29. The van der Waals surface area contributed by atoms with Gasteiger partial charge < -0.3 is 15.6 Å². The molecule has 0 spiro atoms. The second-order valence-electron chi connectivity index (χ2n) is 11.5. The van der Waals surface area contributed by atoms with Gasteiger partial charge >= 0.3 is 0 Å². The lowest BCUT2D eigenvalue weighted by molar-refractivity contribution is -0.136. The standard InChI is InChI=1S/C38H40N4O4/c43-36(42-46)25-31(15-9-12-28-18-20-30(21-19-28)29-13-5-2-6-14-29)37(44)41-35(24-32-26-40-34-17-8-7-16-33(32)34)38(45)39-23-22-27-10-3-1-4-11-27/h1-8,10-11,13-14,16-21,26,31,35,40,46H,9,12,15,22-25H2,(H,39,45)(H,41,44)(H,42,43)/t31-,35+/m1/s1. The number of H-pyrrole nitrogens is 1. The Morgan fingerprint density at radius 1 is 0.717 bits per heavy atom. The number of aryl methyl sites for hydroxylation is 1. The van der Waals surface area contributed by atoms with Gasteiger partial charge in [-0.05, 0) is 59.6 Å². The monoisotopic (exact) mass is 616 g/mol. The van der Waals surface area contributed by atoms with Gasteiger partial charge in [-0.15, -0.1) is 0 Å². The van der Waals surface area contributed by atoms with Crippen LogP contribution in [0, 0.1) is 5.92 Å². The summed E-state index contributed by atoms with van der Waals surface area (Å²) in [5.74, 6) is -2.06. The topological polar surface area (TPSA) is 123 Å². The zero-order chi connectivity index (χ0) is 32.1. The lowest BCUT2D eigenvalue weighted by Crippen LogP contribution is -2.50. The zero-order valence-electron chi connectivity index (χ0n) is 25.7. The average Bonchev–Trinajstić information content (AvgIpc) is 3.51. The van der Waals surface area contributed by atoms with E-state index < -0.39 is 23.8 Å². The number of rotatable bonds is 15. The molecule has 1 aromatic heterocycles. The Morgan fingerprint density at radius 2 is 1.37 bits per heavy atom. The summed E-state index contributed by atoms with van der Waals surface area (Å²) in [6.07, 6.45) is 4.39. The fraction of sp³-hybridized carbons (Fsp3) is 0.237. The number of para-hydroxylation sites is 1. The fourth-order valence-corrected chi connectivity index (χ4v) is 5.76. The van der Waals surface area contributed by atoms with Gasteiger partial charge in [0.1, 0.15) is 6.04 Å².